The van der Waals surface area contributed by atoms with Crippen LogP contribution in [0, 0.1) is 0 Å². The highest BCUT2D eigenvalue weighted by molar-refractivity contribution is 7.86. The quantitative estimate of drug-likeness (QED) is 0.793. The van der Waals surface area contributed by atoms with Crippen molar-refractivity contribution in [3.8, 4) is 0 Å². The maximum atomic E-state index is 13.4. The maximum absolute atomic E-state index is 13.4. The van der Waals surface area contributed by atoms with Crippen LogP contribution in [0.4, 0.5) is 11.5 Å². The molecular formula is C22H27N3O2S. The van der Waals surface area contributed by atoms with Gasteiger partial charge in [0.05, 0.1) is 10.3 Å². The number of anilines is 2. The van der Waals surface area contributed by atoms with Crippen molar-refractivity contribution >= 4 is 28.2 Å². The zero-order valence-corrected chi connectivity index (χ0v) is 17.4. The summed E-state index contributed by atoms with van der Waals surface area (Å²) in [7, 11) is -0.845. The fourth-order valence-corrected chi connectivity index (χ4v) is 6.16. The Balaban J connectivity index is 1.67. The van der Waals surface area contributed by atoms with E-state index in [4.69, 9.17) is 0 Å². The fourth-order valence-electron chi connectivity index (χ4n) is 4.40. The topological polar surface area (TPSA) is 53.5 Å². The molecule has 6 heteroatoms. The van der Waals surface area contributed by atoms with Crippen LogP contribution in [0.25, 0.3) is 0 Å². The van der Waals surface area contributed by atoms with E-state index in [0.717, 1.165) is 30.8 Å². The normalized spacial score (nSPS) is 20.9. The summed E-state index contributed by atoms with van der Waals surface area (Å²) in [6.07, 6.45) is 4.36. The number of hydrogen-bond donors (Lipinski definition) is 0. The Morgan fingerprint density at radius 1 is 1.14 bits per heavy atom. The zero-order chi connectivity index (χ0) is 19.7. The number of fused-ring (bicyclic) bond motifs is 1. The monoisotopic (exact) mass is 397 g/mol. The van der Waals surface area contributed by atoms with Crippen molar-refractivity contribution in [1.29, 1.82) is 0 Å². The molecular weight excluding hydrogens is 370 g/mol. The second-order valence-electron chi connectivity index (χ2n) is 7.57. The molecule has 3 heterocycles. The second-order valence-corrected chi connectivity index (χ2v) is 9.54. The lowest BCUT2D eigenvalue weighted by molar-refractivity contribution is 0.0989. The smallest absolute Gasteiger partial charge is 0.262 e. The van der Waals surface area contributed by atoms with E-state index >= 15 is 0 Å². The molecule has 1 atom stereocenters. The van der Waals surface area contributed by atoms with Crippen molar-refractivity contribution in [3.63, 3.8) is 0 Å². The number of carbonyl (C=O) groups excluding carboxylic acids is 1. The first-order valence-electron chi connectivity index (χ1n) is 10.1. The van der Waals surface area contributed by atoms with Crippen molar-refractivity contribution in [3.05, 3.63) is 53.7 Å². The van der Waals surface area contributed by atoms with Gasteiger partial charge in [0.15, 0.2) is 0 Å². The molecule has 0 radical (unpaired) electrons. The van der Waals surface area contributed by atoms with Gasteiger partial charge in [0.2, 0.25) is 0 Å². The van der Waals surface area contributed by atoms with Gasteiger partial charge >= 0.3 is 0 Å². The molecule has 0 bridgehead atoms. The summed E-state index contributed by atoms with van der Waals surface area (Å²) in [5, 5.41) is 0. The summed E-state index contributed by atoms with van der Waals surface area (Å²) in [6, 6.07) is 11.8. The van der Waals surface area contributed by atoms with Gasteiger partial charge in [-0.25, -0.2) is 4.98 Å². The van der Waals surface area contributed by atoms with Crippen LogP contribution in [-0.2, 0) is 17.2 Å². The Bertz CT molecular complexity index is 910. The van der Waals surface area contributed by atoms with Gasteiger partial charge in [-0.1, -0.05) is 32.0 Å². The number of pyridine rings is 1. The minimum Gasteiger partial charge on any atom is -0.354 e. The molecule has 4 rings (SSSR count). The van der Waals surface area contributed by atoms with Crippen LogP contribution in [-0.4, -0.2) is 45.2 Å². The Hall–Kier alpha value is -2.21. The van der Waals surface area contributed by atoms with Crippen LogP contribution in [0.15, 0.2) is 42.6 Å². The molecule has 148 valence electrons. The van der Waals surface area contributed by atoms with E-state index in [2.05, 4.69) is 29.8 Å². The number of carbonyl (C=O) groups is 1. The summed E-state index contributed by atoms with van der Waals surface area (Å²) in [5.74, 6) is 1.34. The van der Waals surface area contributed by atoms with Gasteiger partial charge in [0.1, 0.15) is 5.82 Å². The van der Waals surface area contributed by atoms with E-state index in [1.807, 2.05) is 35.2 Å². The molecule has 0 saturated carbocycles. The van der Waals surface area contributed by atoms with Gasteiger partial charge in [-0.2, -0.15) is 0 Å². The molecule has 28 heavy (non-hydrogen) atoms. The third kappa shape index (κ3) is 3.13. The summed E-state index contributed by atoms with van der Waals surface area (Å²) in [6.45, 7) is 6.26. The van der Waals surface area contributed by atoms with E-state index in [1.54, 1.807) is 6.20 Å². The van der Waals surface area contributed by atoms with Gasteiger partial charge in [0, 0.05) is 48.1 Å². The number of rotatable bonds is 4. The third-order valence-corrected chi connectivity index (χ3v) is 8.47. The second kappa shape index (κ2) is 7.66. The van der Waals surface area contributed by atoms with E-state index in [1.165, 1.54) is 5.56 Å². The lowest BCUT2D eigenvalue weighted by Gasteiger charge is -2.42. The first-order chi connectivity index (χ1) is 13.6. The molecule has 0 N–H and O–H groups in total. The molecule has 1 saturated heterocycles. The fraction of sp³-hybridized carbons (Fsp3) is 0.455. The maximum Gasteiger partial charge on any atom is 0.262 e. The number of nitrogens with zero attached hydrogens (tertiary/aromatic N) is 3. The predicted molar refractivity (Wildman–Crippen MR) is 115 cm³/mol. The molecule has 2 aromatic rings. The van der Waals surface area contributed by atoms with Gasteiger partial charge in [-0.15, -0.1) is 0 Å². The van der Waals surface area contributed by atoms with Crippen LogP contribution >= 0.6 is 0 Å². The van der Waals surface area contributed by atoms with Crippen LogP contribution in [0.1, 0.15) is 42.6 Å². The Morgan fingerprint density at radius 2 is 1.93 bits per heavy atom. The number of amides is 1. The molecule has 2 aliphatic heterocycles. The number of hydrogen-bond acceptors (Lipinski definition) is 4. The Kier molecular flexibility index (Phi) is 5.23. The van der Waals surface area contributed by atoms with Crippen molar-refractivity contribution in [2.45, 2.75) is 37.9 Å². The average Bonchev–Trinajstić information content (AvgIpc) is 3.18. The summed E-state index contributed by atoms with van der Waals surface area (Å²) in [4.78, 5) is 22.1. The van der Waals surface area contributed by atoms with Crippen molar-refractivity contribution in [1.82, 2.24) is 4.98 Å². The first kappa shape index (κ1) is 19.1. The van der Waals surface area contributed by atoms with E-state index in [0.29, 0.717) is 31.0 Å². The van der Waals surface area contributed by atoms with Crippen molar-refractivity contribution < 1.29 is 9.00 Å². The molecule has 1 amide bonds. The van der Waals surface area contributed by atoms with E-state index < -0.39 is 10.8 Å². The molecule has 2 aliphatic rings. The van der Waals surface area contributed by atoms with Gasteiger partial charge in [-0.3, -0.25) is 9.00 Å². The molecule has 0 spiro atoms. The summed E-state index contributed by atoms with van der Waals surface area (Å²) >= 11 is 0. The number of benzene rings is 1. The lowest BCUT2D eigenvalue weighted by Crippen LogP contribution is -2.53. The highest BCUT2D eigenvalue weighted by Gasteiger charge is 2.40. The molecule has 1 aromatic heterocycles. The molecule has 1 aromatic carbocycles. The molecule has 0 aliphatic carbocycles. The van der Waals surface area contributed by atoms with Gasteiger partial charge in [0.25, 0.3) is 5.91 Å². The van der Waals surface area contributed by atoms with Crippen molar-refractivity contribution in [2.24, 2.45) is 0 Å². The standard InChI is InChI=1S/C22H27N3O2S/c1-3-22(4-2)16-24(14-15-28(22)27)20-18(9-7-12-23-20)21(26)25-13-11-17-8-5-6-10-19(17)25/h5-10,12H,3-4,11,13-16H2,1-2H3. The molecule has 5 nitrogen and oxygen atoms in total. The Morgan fingerprint density at radius 3 is 2.71 bits per heavy atom. The first-order valence-corrected chi connectivity index (χ1v) is 11.4. The lowest BCUT2D eigenvalue weighted by atomic mass is 10.0. The summed E-state index contributed by atoms with van der Waals surface area (Å²) in [5.41, 5.74) is 2.84. The highest BCUT2D eigenvalue weighted by atomic mass is 32.2. The third-order valence-electron chi connectivity index (χ3n) is 6.25. The zero-order valence-electron chi connectivity index (χ0n) is 16.6. The predicted octanol–water partition coefficient (Wildman–Crippen LogP) is 3.41. The SMILES string of the molecule is CCC1(CC)CN(c2ncccc2C(=O)N2CCc3ccccc32)CCS1=O. The molecule has 1 fully saturated rings. The average molecular weight is 398 g/mol. The van der Waals surface area contributed by atoms with Crippen molar-refractivity contribution in [2.75, 3.05) is 35.2 Å². The number of para-hydroxylation sites is 1. The Labute approximate surface area is 169 Å². The molecule has 1 unspecified atom stereocenters. The van der Waals surface area contributed by atoms with Crippen LogP contribution < -0.4 is 9.80 Å². The minimum atomic E-state index is -0.845. The van der Waals surface area contributed by atoms with Crippen LogP contribution in [0.3, 0.4) is 0 Å². The number of aromatic nitrogens is 1. The van der Waals surface area contributed by atoms with Gasteiger partial charge in [-0.05, 0) is 43.0 Å². The van der Waals surface area contributed by atoms with Crippen LogP contribution in [0.5, 0.6) is 0 Å². The highest BCUT2D eigenvalue weighted by Crippen LogP contribution is 2.34. The largest absolute Gasteiger partial charge is 0.354 e. The van der Waals surface area contributed by atoms with E-state index in [-0.39, 0.29) is 10.7 Å². The van der Waals surface area contributed by atoms with Gasteiger partial charge < -0.3 is 9.80 Å². The van der Waals surface area contributed by atoms with Crippen LogP contribution in [0.2, 0.25) is 0 Å². The van der Waals surface area contributed by atoms with E-state index in [9.17, 15) is 9.00 Å². The minimum absolute atomic E-state index is 0.00153. The summed E-state index contributed by atoms with van der Waals surface area (Å²) < 4.78 is 12.5.